The van der Waals surface area contributed by atoms with Gasteiger partial charge in [-0.1, -0.05) is 0 Å². The van der Waals surface area contributed by atoms with Gasteiger partial charge >= 0.3 is 0 Å². The molecule has 1 N–H and O–H groups in total. The van der Waals surface area contributed by atoms with Crippen molar-refractivity contribution in [2.24, 2.45) is 0 Å². The predicted octanol–water partition coefficient (Wildman–Crippen LogP) is 0.699. The van der Waals surface area contributed by atoms with Crippen molar-refractivity contribution in [1.29, 1.82) is 0 Å². The van der Waals surface area contributed by atoms with Crippen LogP contribution in [-0.2, 0) is 9.53 Å². The first kappa shape index (κ1) is 15.7. The Morgan fingerprint density at radius 2 is 1.85 bits per heavy atom. The van der Waals surface area contributed by atoms with Gasteiger partial charge in [0.1, 0.15) is 0 Å². The predicted molar refractivity (Wildman–Crippen MR) is 79.8 cm³/mol. The average Bonchev–Trinajstić information content (AvgIpc) is 2.50. The number of amides is 1. The molecule has 2 heterocycles. The van der Waals surface area contributed by atoms with E-state index in [1.54, 1.807) is 0 Å². The molecule has 0 radical (unpaired) electrons. The van der Waals surface area contributed by atoms with Crippen molar-refractivity contribution < 1.29 is 9.53 Å². The minimum atomic E-state index is 0.297. The Balaban J connectivity index is 1.60. The second-order valence-corrected chi connectivity index (χ2v) is 6.25. The van der Waals surface area contributed by atoms with E-state index in [0.29, 0.717) is 31.1 Å². The Morgan fingerprint density at radius 1 is 1.20 bits per heavy atom. The van der Waals surface area contributed by atoms with Gasteiger partial charge in [0.05, 0.1) is 13.2 Å². The molecule has 2 aliphatic heterocycles. The minimum absolute atomic E-state index is 0.297. The quantitative estimate of drug-likeness (QED) is 0.807. The molecule has 0 aliphatic carbocycles. The Hall–Kier alpha value is -0.650. The summed E-state index contributed by atoms with van der Waals surface area (Å²) in [5, 5.41) is 3.42. The van der Waals surface area contributed by atoms with E-state index in [0.717, 1.165) is 39.1 Å². The Kier molecular flexibility index (Phi) is 5.81. The number of ether oxygens (including phenoxy) is 1. The number of hydrogen-bond donors (Lipinski definition) is 1. The molecule has 20 heavy (non-hydrogen) atoms. The van der Waals surface area contributed by atoms with E-state index < -0.39 is 0 Å². The largest absolute Gasteiger partial charge is 0.378 e. The minimum Gasteiger partial charge on any atom is -0.378 e. The lowest BCUT2D eigenvalue weighted by atomic mass is 9.90. The number of nitrogens with one attached hydrogen (secondary N) is 1. The molecule has 2 aliphatic rings. The number of likely N-dealkylation sites (tertiary alicyclic amines) is 1. The topological polar surface area (TPSA) is 44.8 Å². The molecule has 0 aromatic heterocycles. The lowest BCUT2D eigenvalue weighted by molar-refractivity contribution is -0.135. The van der Waals surface area contributed by atoms with Gasteiger partial charge in [-0.15, -0.1) is 0 Å². The van der Waals surface area contributed by atoms with Crippen LogP contribution in [0.4, 0.5) is 0 Å². The van der Waals surface area contributed by atoms with Gasteiger partial charge < -0.3 is 19.9 Å². The third-order valence-electron chi connectivity index (χ3n) is 4.79. The lowest BCUT2D eigenvalue weighted by Crippen LogP contribution is -2.50. The van der Waals surface area contributed by atoms with Crippen LogP contribution in [0.25, 0.3) is 0 Å². The molecule has 0 spiro atoms. The standard InChI is InChI=1S/C15H29N3O2/c1-15(16-2)5-8-17(9-6-15)7-3-4-14(19)18-10-12-20-13-11-18/h16H,3-13H2,1-2H3. The Morgan fingerprint density at radius 3 is 2.45 bits per heavy atom. The van der Waals surface area contributed by atoms with Crippen molar-refractivity contribution in [3.05, 3.63) is 0 Å². The second kappa shape index (κ2) is 7.38. The van der Waals surface area contributed by atoms with Crippen molar-refractivity contribution >= 4 is 5.91 Å². The molecule has 2 saturated heterocycles. The maximum absolute atomic E-state index is 12.0. The van der Waals surface area contributed by atoms with Gasteiger partial charge in [-0.2, -0.15) is 0 Å². The van der Waals surface area contributed by atoms with Crippen LogP contribution in [0.15, 0.2) is 0 Å². The number of rotatable bonds is 5. The second-order valence-electron chi connectivity index (χ2n) is 6.25. The normalized spacial score (nSPS) is 23.8. The Bertz CT molecular complexity index is 308. The van der Waals surface area contributed by atoms with Crippen LogP contribution in [0.5, 0.6) is 0 Å². The van der Waals surface area contributed by atoms with Crippen molar-refractivity contribution in [3.8, 4) is 0 Å². The van der Waals surface area contributed by atoms with Crippen LogP contribution >= 0.6 is 0 Å². The summed E-state index contributed by atoms with van der Waals surface area (Å²) in [6.45, 7) is 8.56. The van der Waals surface area contributed by atoms with Gasteiger partial charge in [-0.25, -0.2) is 0 Å². The number of hydrogen-bond acceptors (Lipinski definition) is 4. The molecule has 0 aromatic rings. The fraction of sp³-hybridized carbons (Fsp3) is 0.933. The van der Waals surface area contributed by atoms with Crippen LogP contribution in [0, 0.1) is 0 Å². The van der Waals surface area contributed by atoms with Crippen molar-refractivity contribution in [2.75, 3.05) is 53.0 Å². The molecule has 1 amide bonds. The van der Waals surface area contributed by atoms with Crippen LogP contribution in [-0.4, -0.2) is 74.2 Å². The van der Waals surface area contributed by atoms with E-state index in [-0.39, 0.29) is 0 Å². The van der Waals surface area contributed by atoms with Gasteiger partial charge in [-0.05, 0) is 52.9 Å². The molecule has 5 heteroatoms. The first-order chi connectivity index (χ1) is 9.63. The van der Waals surface area contributed by atoms with Gasteiger partial charge in [0.25, 0.3) is 0 Å². The molecule has 0 aromatic carbocycles. The van der Waals surface area contributed by atoms with E-state index in [9.17, 15) is 4.79 Å². The highest BCUT2D eigenvalue weighted by Crippen LogP contribution is 2.21. The molecular weight excluding hydrogens is 254 g/mol. The molecular formula is C15H29N3O2. The summed E-state index contributed by atoms with van der Waals surface area (Å²) < 4.78 is 5.27. The zero-order valence-electron chi connectivity index (χ0n) is 13.0. The summed E-state index contributed by atoms with van der Waals surface area (Å²) in [6, 6.07) is 0. The summed E-state index contributed by atoms with van der Waals surface area (Å²) in [6.07, 6.45) is 4.05. The molecule has 116 valence electrons. The van der Waals surface area contributed by atoms with Gasteiger partial charge in [0.15, 0.2) is 0 Å². The number of carbonyl (C=O) groups is 1. The first-order valence-corrected chi connectivity index (χ1v) is 7.90. The van der Waals surface area contributed by atoms with Crippen molar-refractivity contribution in [1.82, 2.24) is 15.1 Å². The van der Waals surface area contributed by atoms with Crippen LogP contribution in [0.2, 0.25) is 0 Å². The molecule has 5 nitrogen and oxygen atoms in total. The van der Waals surface area contributed by atoms with Crippen LogP contribution < -0.4 is 5.32 Å². The lowest BCUT2D eigenvalue weighted by Gasteiger charge is -2.39. The highest BCUT2D eigenvalue weighted by atomic mass is 16.5. The van der Waals surface area contributed by atoms with Crippen LogP contribution in [0.3, 0.4) is 0 Å². The van der Waals surface area contributed by atoms with Crippen LogP contribution in [0.1, 0.15) is 32.6 Å². The highest BCUT2D eigenvalue weighted by molar-refractivity contribution is 5.76. The summed E-state index contributed by atoms with van der Waals surface area (Å²) in [7, 11) is 2.05. The summed E-state index contributed by atoms with van der Waals surface area (Å²) in [5.41, 5.74) is 0.306. The third-order valence-corrected chi connectivity index (χ3v) is 4.79. The van der Waals surface area contributed by atoms with Gasteiger partial charge in [0, 0.05) is 25.0 Å². The molecule has 0 unspecified atom stereocenters. The average molecular weight is 283 g/mol. The molecule has 0 saturated carbocycles. The monoisotopic (exact) mass is 283 g/mol. The molecule has 0 bridgehead atoms. The summed E-state index contributed by atoms with van der Waals surface area (Å²) in [5.74, 6) is 0.297. The third kappa shape index (κ3) is 4.43. The molecule has 2 rings (SSSR count). The zero-order valence-corrected chi connectivity index (χ0v) is 13.0. The number of piperidine rings is 1. The Labute approximate surface area is 122 Å². The van der Waals surface area contributed by atoms with E-state index in [1.807, 2.05) is 4.90 Å². The summed E-state index contributed by atoms with van der Waals surface area (Å²) >= 11 is 0. The smallest absolute Gasteiger partial charge is 0.222 e. The highest BCUT2D eigenvalue weighted by Gasteiger charge is 2.28. The SMILES string of the molecule is CNC1(C)CCN(CCCC(=O)N2CCOCC2)CC1. The van der Waals surface area contributed by atoms with Crippen molar-refractivity contribution in [3.63, 3.8) is 0 Å². The van der Waals surface area contributed by atoms with E-state index in [4.69, 9.17) is 4.74 Å². The summed E-state index contributed by atoms with van der Waals surface area (Å²) in [4.78, 5) is 16.5. The van der Waals surface area contributed by atoms with Crippen molar-refractivity contribution in [2.45, 2.75) is 38.1 Å². The fourth-order valence-electron chi connectivity index (χ4n) is 2.94. The maximum Gasteiger partial charge on any atom is 0.222 e. The van der Waals surface area contributed by atoms with E-state index in [2.05, 4.69) is 24.2 Å². The fourth-order valence-corrected chi connectivity index (χ4v) is 2.94. The van der Waals surface area contributed by atoms with Gasteiger partial charge in [-0.3, -0.25) is 4.79 Å². The van der Waals surface area contributed by atoms with E-state index in [1.165, 1.54) is 12.8 Å². The molecule has 2 fully saturated rings. The zero-order chi connectivity index (χ0) is 14.4. The maximum atomic E-state index is 12.0. The number of nitrogens with zero attached hydrogens (tertiary/aromatic N) is 2. The first-order valence-electron chi connectivity index (χ1n) is 7.90. The number of carbonyl (C=O) groups excluding carboxylic acids is 1. The number of morpholine rings is 1. The van der Waals surface area contributed by atoms with Gasteiger partial charge in [0.2, 0.25) is 5.91 Å². The molecule has 0 atom stereocenters. The van der Waals surface area contributed by atoms with E-state index >= 15 is 0 Å².